The standard InChI is InChI=1S/C19H24N4O4S/c1-12(2)27-16(24)11-26-15-5-3-14(4-6-15)21-17(25)19-23-22-18(28-19)13-7-9-20-10-8-13/h3-6,12-13,20H,7-11H2,1-2H3,(H,21,25). The Balaban J connectivity index is 1.51. The highest BCUT2D eigenvalue weighted by Crippen LogP contribution is 2.28. The fourth-order valence-corrected chi connectivity index (χ4v) is 3.73. The molecule has 1 aromatic heterocycles. The lowest BCUT2D eigenvalue weighted by Crippen LogP contribution is -2.26. The number of esters is 1. The van der Waals surface area contributed by atoms with Gasteiger partial charge in [-0.1, -0.05) is 11.3 Å². The van der Waals surface area contributed by atoms with Crippen molar-refractivity contribution in [1.82, 2.24) is 15.5 Å². The van der Waals surface area contributed by atoms with Crippen LogP contribution in [0.3, 0.4) is 0 Å². The molecule has 150 valence electrons. The first-order chi connectivity index (χ1) is 13.5. The largest absolute Gasteiger partial charge is 0.482 e. The molecule has 1 aliphatic heterocycles. The van der Waals surface area contributed by atoms with Crippen molar-refractivity contribution in [1.29, 1.82) is 0 Å². The minimum Gasteiger partial charge on any atom is -0.482 e. The van der Waals surface area contributed by atoms with Gasteiger partial charge in [-0.3, -0.25) is 4.79 Å². The first-order valence-corrected chi connectivity index (χ1v) is 10.1. The third-order valence-electron chi connectivity index (χ3n) is 4.16. The van der Waals surface area contributed by atoms with Crippen LogP contribution in [0.5, 0.6) is 5.75 Å². The molecule has 2 N–H and O–H groups in total. The lowest BCUT2D eigenvalue weighted by molar-refractivity contribution is -0.149. The van der Waals surface area contributed by atoms with Gasteiger partial charge in [-0.25, -0.2) is 4.79 Å². The van der Waals surface area contributed by atoms with Crippen molar-refractivity contribution in [2.45, 2.75) is 38.7 Å². The fourth-order valence-electron chi connectivity index (χ4n) is 2.82. The summed E-state index contributed by atoms with van der Waals surface area (Å²) in [6, 6.07) is 6.77. The van der Waals surface area contributed by atoms with Crippen molar-refractivity contribution in [3.8, 4) is 5.75 Å². The number of amides is 1. The molecule has 28 heavy (non-hydrogen) atoms. The van der Waals surface area contributed by atoms with Gasteiger partial charge < -0.3 is 20.1 Å². The molecule has 1 aromatic carbocycles. The SMILES string of the molecule is CC(C)OC(=O)COc1ccc(NC(=O)c2nnc(C3CCNCC3)s2)cc1. The lowest BCUT2D eigenvalue weighted by atomic mass is 9.99. The van der Waals surface area contributed by atoms with Crippen LogP contribution in [0, 0.1) is 0 Å². The van der Waals surface area contributed by atoms with Gasteiger partial charge in [0, 0.05) is 11.6 Å². The molecule has 0 aliphatic carbocycles. The van der Waals surface area contributed by atoms with Gasteiger partial charge in [0.05, 0.1) is 6.10 Å². The molecule has 0 radical (unpaired) electrons. The Morgan fingerprint density at radius 1 is 1.21 bits per heavy atom. The molecular formula is C19H24N4O4S. The van der Waals surface area contributed by atoms with Crippen molar-refractivity contribution in [2.75, 3.05) is 25.0 Å². The van der Waals surface area contributed by atoms with E-state index in [2.05, 4.69) is 20.8 Å². The Kier molecular flexibility index (Phi) is 6.94. The zero-order valence-corrected chi connectivity index (χ0v) is 16.8. The van der Waals surface area contributed by atoms with E-state index in [1.54, 1.807) is 38.1 Å². The van der Waals surface area contributed by atoms with E-state index in [9.17, 15) is 9.59 Å². The molecule has 0 bridgehead atoms. The number of nitrogens with one attached hydrogen (secondary N) is 2. The number of carbonyl (C=O) groups excluding carboxylic acids is 2. The average molecular weight is 404 g/mol. The van der Waals surface area contributed by atoms with Crippen LogP contribution in [0.1, 0.15) is 47.4 Å². The summed E-state index contributed by atoms with van der Waals surface area (Å²) in [5.74, 6) is 0.182. The smallest absolute Gasteiger partial charge is 0.344 e. The van der Waals surface area contributed by atoms with Gasteiger partial charge >= 0.3 is 5.97 Å². The molecule has 3 rings (SSSR count). The summed E-state index contributed by atoms with van der Waals surface area (Å²) < 4.78 is 10.4. The first-order valence-electron chi connectivity index (χ1n) is 9.29. The molecule has 2 aromatic rings. The van der Waals surface area contributed by atoms with E-state index < -0.39 is 5.97 Å². The molecule has 1 saturated heterocycles. The van der Waals surface area contributed by atoms with Gasteiger partial charge in [0.15, 0.2) is 6.61 Å². The Morgan fingerprint density at radius 3 is 2.61 bits per heavy atom. The van der Waals surface area contributed by atoms with Crippen LogP contribution < -0.4 is 15.4 Å². The van der Waals surface area contributed by atoms with Crippen molar-refractivity contribution < 1.29 is 19.1 Å². The molecule has 0 atom stereocenters. The number of nitrogens with zero attached hydrogens (tertiary/aromatic N) is 2. The minimum absolute atomic E-state index is 0.159. The van der Waals surface area contributed by atoms with Crippen molar-refractivity contribution in [3.05, 3.63) is 34.3 Å². The molecule has 0 saturated carbocycles. The summed E-state index contributed by atoms with van der Waals surface area (Å²) in [5.41, 5.74) is 0.612. The molecule has 8 nitrogen and oxygen atoms in total. The summed E-state index contributed by atoms with van der Waals surface area (Å²) in [7, 11) is 0. The van der Waals surface area contributed by atoms with Gasteiger partial charge in [0.2, 0.25) is 5.01 Å². The fraction of sp³-hybridized carbons (Fsp3) is 0.474. The number of anilines is 1. The van der Waals surface area contributed by atoms with Crippen LogP contribution in [0.15, 0.2) is 24.3 Å². The Morgan fingerprint density at radius 2 is 1.93 bits per heavy atom. The van der Waals surface area contributed by atoms with Gasteiger partial charge in [0.1, 0.15) is 10.8 Å². The predicted octanol–water partition coefficient (Wildman–Crippen LogP) is 2.59. The topological polar surface area (TPSA) is 102 Å². The number of hydrogen-bond donors (Lipinski definition) is 2. The van der Waals surface area contributed by atoms with Crippen LogP contribution in [0.4, 0.5) is 5.69 Å². The number of aromatic nitrogens is 2. The number of rotatable bonds is 7. The number of benzene rings is 1. The molecule has 1 amide bonds. The van der Waals surface area contributed by atoms with Crippen LogP contribution in [0.2, 0.25) is 0 Å². The van der Waals surface area contributed by atoms with Gasteiger partial charge in [0.25, 0.3) is 5.91 Å². The number of ether oxygens (including phenoxy) is 2. The third kappa shape index (κ3) is 5.74. The lowest BCUT2D eigenvalue weighted by Gasteiger charge is -2.19. The third-order valence-corrected chi connectivity index (χ3v) is 5.24. The quantitative estimate of drug-likeness (QED) is 0.684. The summed E-state index contributed by atoms with van der Waals surface area (Å²) in [6.07, 6.45) is 1.86. The van der Waals surface area contributed by atoms with Crippen LogP contribution in [0.25, 0.3) is 0 Å². The maximum atomic E-state index is 12.4. The highest BCUT2D eigenvalue weighted by atomic mass is 32.1. The number of piperidine rings is 1. The summed E-state index contributed by atoms with van der Waals surface area (Å²) >= 11 is 1.35. The minimum atomic E-state index is -0.423. The first kappa shape index (κ1) is 20.2. The molecular weight excluding hydrogens is 380 g/mol. The second-order valence-electron chi connectivity index (χ2n) is 6.78. The second-order valence-corrected chi connectivity index (χ2v) is 7.78. The Bertz CT molecular complexity index is 801. The zero-order chi connectivity index (χ0) is 19.9. The molecule has 1 fully saturated rings. The number of carbonyl (C=O) groups is 2. The normalized spacial score (nSPS) is 14.7. The zero-order valence-electron chi connectivity index (χ0n) is 15.9. The monoisotopic (exact) mass is 404 g/mol. The van der Waals surface area contributed by atoms with E-state index in [0.717, 1.165) is 30.9 Å². The maximum Gasteiger partial charge on any atom is 0.344 e. The van der Waals surface area contributed by atoms with Crippen molar-refractivity contribution in [2.24, 2.45) is 0 Å². The number of hydrogen-bond acceptors (Lipinski definition) is 8. The maximum absolute atomic E-state index is 12.4. The molecule has 0 unspecified atom stereocenters. The van der Waals surface area contributed by atoms with Gasteiger partial charge in [-0.05, 0) is 64.0 Å². The van der Waals surface area contributed by atoms with E-state index in [-0.39, 0.29) is 18.6 Å². The summed E-state index contributed by atoms with van der Waals surface area (Å²) in [5, 5.41) is 15.6. The Hall–Kier alpha value is -2.52. The highest BCUT2D eigenvalue weighted by molar-refractivity contribution is 7.13. The van der Waals surface area contributed by atoms with E-state index in [1.165, 1.54) is 11.3 Å². The van der Waals surface area contributed by atoms with Gasteiger partial charge in [-0.2, -0.15) is 0 Å². The summed E-state index contributed by atoms with van der Waals surface area (Å²) in [4.78, 5) is 23.9. The van der Waals surface area contributed by atoms with Crippen molar-refractivity contribution >= 4 is 28.9 Å². The molecule has 2 heterocycles. The predicted molar refractivity (Wildman–Crippen MR) is 106 cm³/mol. The molecule has 0 spiro atoms. The Labute approximate surface area is 167 Å². The van der Waals surface area contributed by atoms with Gasteiger partial charge in [-0.15, -0.1) is 10.2 Å². The van der Waals surface area contributed by atoms with E-state index >= 15 is 0 Å². The highest BCUT2D eigenvalue weighted by Gasteiger charge is 2.21. The molecule has 9 heteroatoms. The van der Waals surface area contributed by atoms with E-state index in [0.29, 0.717) is 22.4 Å². The second kappa shape index (κ2) is 9.61. The van der Waals surface area contributed by atoms with Crippen LogP contribution >= 0.6 is 11.3 Å². The molecule has 1 aliphatic rings. The van der Waals surface area contributed by atoms with Crippen LogP contribution in [-0.4, -0.2) is 47.9 Å². The average Bonchev–Trinajstić information content (AvgIpc) is 3.18. The summed E-state index contributed by atoms with van der Waals surface area (Å²) in [6.45, 7) is 5.34. The van der Waals surface area contributed by atoms with E-state index in [4.69, 9.17) is 9.47 Å². The van der Waals surface area contributed by atoms with E-state index in [1.807, 2.05) is 0 Å². The van der Waals surface area contributed by atoms with Crippen LogP contribution in [-0.2, 0) is 9.53 Å². The van der Waals surface area contributed by atoms with Crippen molar-refractivity contribution in [3.63, 3.8) is 0 Å².